The van der Waals surface area contributed by atoms with Crippen molar-refractivity contribution >= 4 is 57.0 Å². The van der Waals surface area contributed by atoms with Crippen molar-refractivity contribution in [3.63, 3.8) is 0 Å². The minimum atomic E-state index is -4.77. The Morgan fingerprint density at radius 3 is 1.86 bits per heavy atom. The molecule has 0 radical (unpaired) electrons. The average molecular weight is 611 g/mol. The molecule has 17 heteroatoms. The number of benzene rings is 2. The highest BCUT2D eigenvalue weighted by Crippen LogP contribution is 2.32. The molecule has 1 heterocycles. The van der Waals surface area contributed by atoms with Crippen molar-refractivity contribution in [1.29, 1.82) is 0 Å². The highest BCUT2D eigenvalue weighted by atomic mass is 35.5. The molecule has 0 amide bonds. The largest absolute Gasteiger partial charge is 0.573 e. The number of aromatic nitrogens is 1. The third kappa shape index (κ3) is 14.0. The molecule has 204 valence electrons. The summed E-state index contributed by atoms with van der Waals surface area (Å²) in [7, 11) is 0. The predicted octanol–water partition coefficient (Wildman–Crippen LogP) is 5.90. The number of thiocarbonyl (C=S) groups is 1. The standard InChI is InChI=1S/C10H7F3N2OS.C9H7Cl2F3O2.CH4N2S/c11-10(12,13)16-7-3-1-2-6(4-7)8-5-15-9(14)17-8;10-8(11)7(15)5-2-1-3-6(4-5)16-9(12,13)14;2-1(3)4/h1-5H,(H2,14,15);1-4,7-8,15H;(H4,2,3,4). The number of hydrogen-bond acceptors (Lipinski definition) is 7. The number of ether oxygens (including phenoxy) is 2. The van der Waals surface area contributed by atoms with Gasteiger partial charge in [0, 0.05) is 6.20 Å². The van der Waals surface area contributed by atoms with Gasteiger partial charge in [-0.05, 0) is 47.6 Å². The van der Waals surface area contributed by atoms with Crippen molar-refractivity contribution in [3.05, 3.63) is 60.3 Å². The molecule has 1 atom stereocenters. The Balaban J connectivity index is 0.000000324. The van der Waals surface area contributed by atoms with Gasteiger partial charge in [-0.2, -0.15) is 0 Å². The Labute approximate surface area is 225 Å². The summed E-state index contributed by atoms with van der Waals surface area (Å²) in [5.74, 6) is -0.694. The zero-order chi connectivity index (χ0) is 28.4. The van der Waals surface area contributed by atoms with E-state index < -0.39 is 29.4 Å². The van der Waals surface area contributed by atoms with Crippen molar-refractivity contribution in [3.8, 4) is 21.9 Å². The van der Waals surface area contributed by atoms with Crippen LogP contribution in [-0.4, -0.2) is 32.8 Å². The predicted molar refractivity (Wildman–Crippen MR) is 133 cm³/mol. The fraction of sp³-hybridized carbons (Fsp3) is 0.200. The topological polar surface area (TPSA) is 130 Å². The molecule has 2 aromatic carbocycles. The maximum absolute atomic E-state index is 12.0. The average Bonchev–Trinajstić information content (AvgIpc) is 3.17. The van der Waals surface area contributed by atoms with E-state index in [2.05, 4.69) is 38.1 Å². The monoisotopic (exact) mass is 610 g/mol. The first kappa shape index (κ1) is 32.3. The van der Waals surface area contributed by atoms with Crippen LogP contribution in [0.3, 0.4) is 0 Å². The van der Waals surface area contributed by atoms with Crippen molar-refractivity contribution in [1.82, 2.24) is 4.98 Å². The number of rotatable bonds is 5. The molecular formula is C20H18Cl2F6N4O3S2. The number of halogens is 8. The van der Waals surface area contributed by atoms with Gasteiger partial charge in [0.25, 0.3) is 0 Å². The lowest BCUT2D eigenvalue weighted by atomic mass is 10.1. The fourth-order valence-electron chi connectivity index (χ4n) is 2.31. The lowest BCUT2D eigenvalue weighted by molar-refractivity contribution is -0.275. The number of nitrogen functional groups attached to an aromatic ring is 1. The van der Waals surface area contributed by atoms with E-state index in [0.29, 0.717) is 15.6 Å². The quantitative estimate of drug-likeness (QED) is 0.160. The lowest BCUT2D eigenvalue weighted by Gasteiger charge is -2.14. The van der Waals surface area contributed by atoms with Gasteiger partial charge in [-0.1, -0.05) is 35.6 Å². The Morgan fingerprint density at radius 1 is 0.946 bits per heavy atom. The van der Waals surface area contributed by atoms with Crippen LogP contribution in [0.5, 0.6) is 11.5 Å². The first-order valence-corrected chi connectivity index (χ1v) is 11.5. The van der Waals surface area contributed by atoms with E-state index in [-0.39, 0.29) is 16.4 Å². The molecule has 7 N–H and O–H groups in total. The van der Waals surface area contributed by atoms with E-state index in [4.69, 9.17) is 28.9 Å². The number of nitrogens with two attached hydrogens (primary N) is 3. The van der Waals surface area contributed by atoms with Crippen molar-refractivity contribution in [2.45, 2.75) is 23.7 Å². The van der Waals surface area contributed by atoms with Crippen LogP contribution in [-0.2, 0) is 0 Å². The fourth-order valence-corrected chi connectivity index (χ4v) is 3.28. The maximum atomic E-state index is 12.0. The van der Waals surface area contributed by atoms with E-state index in [0.717, 1.165) is 12.1 Å². The number of alkyl halides is 8. The van der Waals surface area contributed by atoms with Crippen LogP contribution in [0.1, 0.15) is 11.7 Å². The van der Waals surface area contributed by atoms with Crippen LogP contribution < -0.4 is 26.7 Å². The second-order valence-corrected chi connectivity index (χ2v) is 9.14. The molecule has 0 aliphatic rings. The molecule has 3 aromatic rings. The highest BCUT2D eigenvalue weighted by Gasteiger charge is 2.32. The summed E-state index contributed by atoms with van der Waals surface area (Å²) in [6, 6.07) is 10.5. The molecule has 0 saturated carbocycles. The molecule has 0 bridgehead atoms. The van der Waals surface area contributed by atoms with E-state index in [9.17, 15) is 31.4 Å². The third-order valence-corrected chi connectivity index (χ3v) is 4.90. The summed E-state index contributed by atoms with van der Waals surface area (Å²) >= 11 is 16.1. The van der Waals surface area contributed by atoms with Crippen molar-refractivity contribution in [2.24, 2.45) is 11.5 Å². The van der Waals surface area contributed by atoms with Gasteiger partial charge in [0.05, 0.1) is 4.88 Å². The SMILES string of the molecule is NC(N)=S.Nc1ncc(-c2cccc(OC(F)(F)F)c2)s1.OC(c1cccc(OC(F)(F)F)c1)C(Cl)Cl. The molecule has 7 nitrogen and oxygen atoms in total. The van der Waals surface area contributed by atoms with Gasteiger partial charge in [0.15, 0.2) is 10.2 Å². The number of hydrogen-bond donors (Lipinski definition) is 4. The first-order valence-electron chi connectivity index (χ1n) is 9.41. The van der Waals surface area contributed by atoms with Crippen LogP contribution in [0.25, 0.3) is 10.4 Å². The van der Waals surface area contributed by atoms with Crippen LogP contribution >= 0.6 is 46.8 Å². The molecule has 3 rings (SSSR count). The summed E-state index contributed by atoms with van der Waals surface area (Å²) in [6.45, 7) is 0. The first-order chi connectivity index (χ1) is 17.0. The Bertz CT molecular complexity index is 1150. The molecule has 0 spiro atoms. The van der Waals surface area contributed by atoms with Crippen LogP contribution in [0, 0.1) is 0 Å². The molecule has 0 fully saturated rings. The lowest BCUT2D eigenvalue weighted by Crippen LogP contribution is -2.18. The molecule has 1 aromatic heterocycles. The highest BCUT2D eigenvalue weighted by molar-refractivity contribution is 7.80. The summed E-state index contributed by atoms with van der Waals surface area (Å²) in [4.78, 5) is 3.40. The number of anilines is 1. The van der Waals surface area contributed by atoms with Crippen LogP contribution in [0.15, 0.2) is 54.7 Å². The number of aliphatic hydroxyl groups is 1. The minimum absolute atomic E-state index is 0.000000000000000222. The van der Waals surface area contributed by atoms with Gasteiger partial charge in [-0.3, -0.25) is 0 Å². The molecule has 0 aliphatic carbocycles. The van der Waals surface area contributed by atoms with Gasteiger partial charge in [-0.15, -0.1) is 49.5 Å². The van der Waals surface area contributed by atoms with E-state index in [1.165, 1.54) is 47.9 Å². The van der Waals surface area contributed by atoms with Crippen molar-refractivity contribution in [2.75, 3.05) is 5.73 Å². The third-order valence-electron chi connectivity index (χ3n) is 3.55. The number of nitrogens with zero attached hydrogens (tertiary/aromatic N) is 1. The minimum Gasteiger partial charge on any atom is -0.406 e. The van der Waals surface area contributed by atoms with E-state index in [1.54, 1.807) is 6.07 Å². The summed E-state index contributed by atoms with van der Waals surface area (Å²) in [6.07, 6.45) is -9.22. The Kier molecular flexibility index (Phi) is 12.5. The summed E-state index contributed by atoms with van der Waals surface area (Å²) in [5, 5.41) is 9.78. The van der Waals surface area contributed by atoms with Gasteiger partial charge < -0.3 is 31.8 Å². The molecule has 37 heavy (non-hydrogen) atoms. The molecule has 0 saturated heterocycles. The summed E-state index contributed by atoms with van der Waals surface area (Å²) < 4.78 is 79.3. The zero-order valence-electron chi connectivity index (χ0n) is 18.1. The summed E-state index contributed by atoms with van der Waals surface area (Å²) in [5.41, 5.74) is 15.4. The van der Waals surface area contributed by atoms with Crippen LogP contribution in [0.2, 0.25) is 0 Å². The molecule has 1 unspecified atom stereocenters. The van der Waals surface area contributed by atoms with Gasteiger partial charge in [0.2, 0.25) is 0 Å². The molecule has 0 aliphatic heterocycles. The number of aliphatic hydroxyl groups excluding tert-OH is 1. The number of thiazole rings is 1. The maximum Gasteiger partial charge on any atom is 0.573 e. The van der Waals surface area contributed by atoms with E-state index >= 15 is 0 Å². The van der Waals surface area contributed by atoms with Crippen LogP contribution in [0.4, 0.5) is 31.5 Å². The van der Waals surface area contributed by atoms with Gasteiger partial charge in [-0.25, -0.2) is 4.98 Å². The second kappa shape index (κ2) is 14.3. The van der Waals surface area contributed by atoms with Crippen molar-refractivity contribution < 1.29 is 40.9 Å². The Morgan fingerprint density at radius 2 is 1.43 bits per heavy atom. The zero-order valence-corrected chi connectivity index (χ0v) is 21.3. The van der Waals surface area contributed by atoms with E-state index in [1.807, 2.05) is 0 Å². The normalized spacial score (nSPS) is 11.9. The Hall–Kier alpha value is -2.72. The smallest absolute Gasteiger partial charge is 0.406 e. The van der Waals surface area contributed by atoms with Gasteiger partial charge >= 0.3 is 12.7 Å². The van der Waals surface area contributed by atoms with Gasteiger partial charge in [0.1, 0.15) is 22.4 Å². The molecular weight excluding hydrogens is 593 g/mol. The second-order valence-electron chi connectivity index (χ2n) is 6.44.